The fraction of sp³-hybridized carbons (Fsp3) is 0.615. The van der Waals surface area contributed by atoms with Crippen molar-refractivity contribution in [3.8, 4) is 5.75 Å². The number of unbranched alkanes of at least 4 members (excludes halogenated alkanes) is 4. The molecule has 0 saturated heterocycles. The maximum atomic E-state index is 12.7. The molecule has 2 aromatic rings. The number of rotatable bonds is 15. The van der Waals surface area contributed by atoms with Crippen molar-refractivity contribution < 1.29 is 9.53 Å². The molecule has 178 valence electrons. The normalized spacial score (nSPS) is 12.2. The van der Waals surface area contributed by atoms with Crippen molar-refractivity contribution in [2.24, 2.45) is 0 Å². The average molecular weight is 443 g/mol. The first kappa shape index (κ1) is 25.9. The molecule has 0 bridgehead atoms. The smallest absolute Gasteiger partial charge is 0.272 e. The molecule has 6 heteroatoms. The number of benzene rings is 1. The molecule has 0 aliphatic rings. The molecular weight excluding hydrogens is 400 g/mol. The third-order valence-corrected chi connectivity index (χ3v) is 5.50. The van der Waals surface area contributed by atoms with E-state index in [1.165, 1.54) is 38.5 Å². The van der Waals surface area contributed by atoms with E-state index in [9.17, 15) is 4.79 Å². The van der Waals surface area contributed by atoms with Crippen LogP contribution in [-0.4, -0.2) is 46.3 Å². The lowest BCUT2D eigenvalue weighted by Gasteiger charge is -2.26. The standard InChI is InChI=1S/C26H42N4O2/c1-6-8-10-13-29(14-11-9-7-2)19-23(5)27-26(31)25-12-15-30(28-25)20-32-24-17-21(3)16-22(4)18-24/h12,15-18,23H,6-11,13-14,19-20H2,1-5H3,(H,27,31). The van der Waals surface area contributed by atoms with E-state index >= 15 is 0 Å². The number of nitrogens with zero attached hydrogens (tertiary/aromatic N) is 3. The third-order valence-electron chi connectivity index (χ3n) is 5.50. The second-order valence-electron chi connectivity index (χ2n) is 8.93. The molecule has 1 amide bonds. The Balaban J connectivity index is 1.84. The van der Waals surface area contributed by atoms with Gasteiger partial charge in [0.25, 0.3) is 5.91 Å². The molecule has 1 atom stereocenters. The Bertz CT molecular complexity index is 788. The summed E-state index contributed by atoms with van der Waals surface area (Å²) < 4.78 is 7.49. The molecule has 32 heavy (non-hydrogen) atoms. The average Bonchev–Trinajstić information content (AvgIpc) is 3.21. The van der Waals surface area contributed by atoms with Crippen molar-refractivity contribution in [1.82, 2.24) is 20.0 Å². The summed E-state index contributed by atoms with van der Waals surface area (Å²) in [6.45, 7) is 14.0. The van der Waals surface area contributed by atoms with Crippen molar-refractivity contribution in [3.05, 3.63) is 47.3 Å². The van der Waals surface area contributed by atoms with Gasteiger partial charge in [-0.2, -0.15) is 5.10 Å². The van der Waals surface area contributed by atoms with Gasteiger partial charge in [-0.3, -0.25) is 4.79 Å². The van der Waals surface area contributed by atoms with Crippen molar-refractivity contribution in [1.29, 1.82) is 0 Å². The zero-order valence-electron chi connectivity index (χ0n) is 20.7. The Hall–Kier alpha value is -2.34. The van der Waals surface area contributed by atoms with Crippen LogP contribution in [0.25, 0.3) is 0 Å². The van der Waals surface area contributed by atoms with E-state index < -0.39 is 0 Å². The molecule has 0 fully saturated rings. The zero-order chi connectivity index (χ0) is 23.3. The van der Waals surface area contributed by atoms with Crippen LogP contribution in [0.1, 0.15) is 80.9 Å². The largest absolute Gasteiger partial charge is 0.471 e. The lowest BCUT2D eigenvalue weighted by molar-refractivity contribution is 0.0921. The van der Waals surface area contributed by atoms with Gasteiger partial charge in [-0.25, -0.2) is 4.68 Å². The quantitative estimate of drug-likeness (QED) is 0.378. The number of hydrogen-bond acceptors (Lipinski definition) is 4. The van der Waals surface area contributed by atoms with E-state index in [0.29, 0.717) is 5.69 Å². The van der Waals surface area contributed by atoms with Gasteiger partial charge in [0.2, 0.25) is 0 Å². The number of aromatic nitrogens is 2. The number of aryl methyl sites for hydroxylation is 2. The highest BCUT2D eigenvalue weighted by Crippen LogP contribution is 2.16. The summed E-state index contributed by atoms with van der Waals surface area (Å²) in [6.07, 6.45) is 9.18. The Morgan fingerprint density at radius 2 is 1.69 bits per heavy atom. The molecule has 1 heterocycles. The summed E-state index contributed by atoms with van der Waals surface area (Å²) in [6, 6.07) is 7.92. The van der Waals surface area contributed by atoms with Crippen molar-refractivity contribution in [3.63, 3.8) is 0 Å². The predicted octanol–water partition coefficient (Wildman–Crippen LogP) is 5.34. The first-order chi connectivity index (χ1) is 15.4. The zero-order valence-corrected chi connectivity index (χ0v) is 20.7. The summed E-state index contributed by atoms with van der Waals surface area (Å²) in [5, 5.41) is 7.50. The van der Waals surface area contributed by atoms with Crippen molar-refractivity contribution in [2.45, 2.75) is 85.9 Å². The maximum absolute atomic E-state index is 12.7. The first-order valence-corrected chi connectivity index (χ1v) is 12.2. The van der Waals surface area contributed by atoms with E-state index in [1.807, 2.05) is 26.0 Å². The minimum atomic E-state index is -0.135. The first-order valence-electron chi connectivity index (χ1n) is 12.2. The minimum absolute atomic E-state index is 0.0717. The van der Waals surface area contributed by atoms with Gasteiger partial charge in [-0.05, 0) is 76.0 Å². The van der Waals surface area contributed by atoms with Gasteiger partial charge >= 0.3 is 0 Å². The van der Waals surface area contributed by atoms with E-state index in [4.69, 9.17) is 4.74 Å². The topological polar surface area (TPSA) is 59.4 Å². The summed E-state index contributed by atoms with van der Waals surface area (Å²) in [5.41, 5.74) is 2.74. The molecule has 0 radical (unpaired) electrons. The van der Waals surface area contributed by atoms with Crippen LogP contribution >= 0.6 is 0 Å². The van der Waals surface area contributed by atoms with Crippen LogP contribution < -0.4 is 10.1 Å². The summed E-state index contributed by atoms with van der Waals surface area (Å²) in [4.78, 5) is 15.2. The van der Waals surface area contributed by atoms with Crippen LogP contribution in [0.4, 0.5) is 0 Å². The van der Waals surface area contributed by atoms with Crippen LogP contribution in [-0.2, 0) is 6.73 Å². The highest BCUT2D eigenvalue weighted by atomic mass is 16.5. The molecule has 0 aliphatic carbocycles. The number of carbonyl (C=O) groups is 1. The number of nitrogens with one attached hydrogen (secondary N) is 1. The molecule has 1 unspecified atom stereocenters. The second kappa shape index (κ2) is 13.9. The highest BCUT2D eigenvalue weighted by molar-refractivity contribution is 5.92. The van der Waals surface area contributed by atoms with Gasteiger partial charge in [-0.1, -0.05) is 45.6 Å². The van der Waals surface area contributed by atoms with Crippen LogP contribution in [0.15, 0.2) is 30.5 Å². The minimum Gasteiger partial charge on any atom is -0.471 e. The molecule has 0 aliphatic heterocycles. The Morgan fingerprint density at radius 1 is 1.06 bits per heavy atom. The van der Waals surface area contributed by atoms with Gasteiger partial charge in [0, 0.05) is 18.8 Å². The van der Waals surface area contributed by atoms with Gasteiger partial charge in [0.15, 0.2) is 6.73 Å². The van der Waals surface area contributed by atoms with E-state index in [1.54, 1.807) is 16.9 Å². The summed E-state index contributed by atoms with van der Waals surface area (Å²) in [7, 11) is 0. The fourth-order valence-corrected chi connectivity index (χ4v) is 3.91. The van der Waals surface area contributed by atoms with Gasteiger partial charge in [-0.15, -0.1) is 0 Å². The third kappa shape index (κ3) is 9.43. The van der Waals surface area contributed by atoms with Gasteiger partial charge in [0.05, 0.1) is 0 Å². The molecule has 2 rings (SSSR count). The molecule has 1 aromatic carbocycles. The summed E-state index contributed by atoms with van der Waals surface area (Å²) in [5.74, 6) is 0.675. The lowest BCUT2D eigenvalue weighted by Crippen LogP contribution is -2.42. The highest BCUT2D eigenvalue weighted by Gasteiger charge is 2.15. The molecule has 1 N–H and O–H groups in total. The Kier molecular flexibility index (Phi) is 11.3. The fourth-order valence-electron chi connectivity index (χ4n) is 3.91. The number of carbonyl (C=O) groups excluding carboxylic acids is 1. The predicted molar refractivity (Wildman–Crippen MR) is 131 cm³/mol. The summed E-state index contributed by atoms with van der Waals surface area (Å²) >= 11 is 0. The van der Waals surface area contributed by atoms with Gasteiger partial charge < -0.3 is 15.0 Å². The molecule has 6 nitrogen and oxygen atoms in total. The van der Waals surface area contributed by atoms with Crippen LogP contribution in [0.3, 0.4) is 0 Å². The molecular formula is C26H42N4O2. The Morgan fingerprint density at radius 3 is 2.28 bits per heavy atom. The number of amides is 1. The van der Waals surface area contributed by atoms with Crippen molar-refractivity contribution in [2.75, 3.05) is 19.6 Å². The van der Waals surface area contributed by atoms with Crippen LogP contribution in [0, 0.1) is 13.8 Å². The molecule has 1 aromatic heterocycles. The monoisotopic (exact) mass is 442 g/mol. The molecule has 0 saturated carbocycles. The lowest BCUT2D eigenvalue weighted by atomic mass is 10.1. The van der Waals surface area contributed by atoms with Crippen LogP contribution in [0.5, 0.6) is 5.75 Å². The SMILES string of the molecule is CCCCCN(CCCCC)CC(C)NC(=O)c1ccn(COc2cc(C)cc(C)c2)n1. The number of hydrogen-bond donors (Lipinski definition) is 1. The van der Waals surface area contributed by atoms with E-state index in [2.05, 4.69) is 42.2 Å². The van der Waals surface area contributed by atoms with E-state index in [0.717, 1.165) is 36.5 Å². The van der Waals surface area contributed by atoms with Crippen LogP contribution in [0.2, 0.25) is 0 Å². The van der Waals surface area contributed by atoms with Crippen molar-refractivity contribution >= 4 is 5.91 Å². The second-order valence-corrected chi connectivity index (χ2v) is 8.93. The maximum Gasteiger partial charge on any atom is 0.272 e. The van der Waals surface area contributed by atoms with E-state index in [-0.39, 0.29) is 18.7 Å². The molecule has 0 spiro atoms. The van der Waals surface area contributed by atoms with Gasteiger partial charge in [0.1, 0.15) is 11.4 Å². The Labute approximate surface area is 194 Å². The number of ether oxygens (including phenoxy) is 1.